The minimum Gasteiger partial charge on any atom is -0.304 e. The Morgan fingerprint density at radius 2 is 1.83 bits per heavy atom. The number of rotatable bonds is 2. The molecule has 1 saturated carbocycles. The summed E-state index contributed by atoms with van der Waals surface area (Å²) < 4.78 is 0. The van der Waals surface area contributed by atoms with Gasteiger partial charge in [-0.15, -0.1) is 0 Å². The predicted octanol–water partition coefficient (Wildman–Crippen LogP) is 1.91. The molecule has 0 radical (unpaired) electrons. The Kier molecular flexibility index (Phi) is 3.68. The largest absolute Gasteiger partial charge is 0.304 e. The van der Waals surface area contributed by atoms with Gasteiger partial charge in [0.1, 0.15) is 0 Å². The second-order valence-electron chi connectivity index (χ2n) is 7.11. The summed E-state index contributed by atoms with van der Waals surface area (Å²) in [5.41, 5.74) is 0.872. The Hall–Kier alpha value is -1.75. The number of nitrogens with zero attached hydrogens (tertiary/aromatic N) is 2. The topological polar surface area (TPSA) is 62.3 Å². The highest BCUT2D eigenvalue weighted by molar-refractivity contribution is 6.06. The molecular weight excluding hydrogens is 290 g/mol. The number of nitrogens with one attached hydrogen (secondary N) is 1. The van der Waals surface area contributed by atoms with Crippen molar-refractivity contribution in [1.29, 1.82) is 0 Å². The van der Waals surface area contributed by atoms with E-state index in [9.17, 15) is 9.59 Å². The summed E-state index contributed by atoms with van der Waals surface area (Å²) in [5.74, 6) is -0.0897. The van der Waals surface area contributed by atoms with Crippen molar-refractivity contribution in [3.8, 4) is 0 Å². The van der Waals surface area contributed by atoms with Gasteiger partial charge in [-0.3, -0.25) is 19.5 Å². The number of imide groups is 1. The molecule has 2 aliphatic heterocycles. The van der Waals surface area contributed by atoms with E-state index in [-0.39, 0.29) is 35.7 Å². The second kappa shape index (κ2) is 5.71. The van der Waals surface area contributed by atoms with Crippen molar-refractivity contribution in [1.82, 2.24) is 15.2 Å². The molecule has 2 saturated heterocycles. The van der Waals surface area contributed by atoms with Gasteiger partial charge in [-0.25, -0.2) is 0 Å². The van der Waals surface area contributed by atoms with Gasteiger partial charge in [0, 0.05) is 19.3 Å². The number of amides is 2. The van der Waals surface area contributed by atoms with Crippen LogP contribution in [0, 0.1) is 17.8 Å². The van der Waals surface area contributed by atoms with E-state index in [1.807, 2.05) is 18.2 Å². The lowest BCUT2D eigenvalue weighted by molar-refractivity contribution is -0.139. The smallest absolute Gasteiger partial charge is 0.234 e. The third kappa shape index (κ3) is 2.29. The zero-order valence-corrected chi connectivity index (χ0v) is 13.4. The Labute approximate surface area is 136 Å². The van der Waals surface area contributed by atoms with E-state index in [0.29, 0.717) is 5.92 Å². The average Bonchev–Trinajstić information content (AvgIpc) is 3.10. The molecule has 4 atom stereocenters. The maximum atomic E-state index is 12.7. The first kappa shape index (κ1) is 14.8. The number of hydrogen-bond donors (Lipinski definition) is 1. The molecule has 1 N–H and O–H groups in total. The van der Waals surface area contributed by atoms with Crippen LogP contribution < -0.4 is 5.32 Å². The lowest BCUT2D eigenvalue weighted by Crippen LogP contribution is -2.42. The summed E-state index contributed by atoms with van der Waals surface area (Å²) >= 11 is 0. The molecule has 1 aromatic rings. The van der Waals surface area contributed by atoms with Crippen LogP contribution in [0.15, 0.2) is 24.4 Å². The third-order valence-corrected chi connectivity index (χ3v) is 5.90. The van der Waals surface area contributed by atoms with E-state index in [1.165, 1.54) is 24.2 Å². The van der Waals surface area contributed by atoms with Crippen LogP contribution in [0.1, 0.15) is 43.8 Å². The lowest BCUT2D eigenvalue weighted by Gasteiger charge is -2.31. The first-order chi connectivity index (χ1) is 11.2. The highest BCUT2D eigenvalue weighted by atomic mass is 16.2. The second-order valence-corrected chi connectivity index (χ2v) is 7.11. The van der Waals surface area contributed by atoms with Crippen molar-refractivity contribution in [2.24, 2.45) is 17.8 Å². The molecule has 0 bridgehead atoms. The molecule has 0 unspecified atom stereocenters. The Morgan fingerprint density at radius 1 is 1.09 bits per heavy atom. The van der Waals surface area contributed by atoms with E-state index in [2.05, 4.69) is 10.3 Å². The molecule has 1 aromatic heterocycles. The maximum absolute atomic E-state index is 12.7. The van der Waals surface area contributed by atoms with Gasteiger partial charge in [-0.1, -0.05) is 25.3 Å². The number of aromatic nitrogens is 1. The SMILES string of the molecule is CN1C(=O)[C@@H]2[C@H](C1=O)[C@@H](C1CCCCC1)N[C@H]2c1ccccn1. The third-order valence-electron chi connectivity index (χ3n) is 5.90. The Bertz CT molecular complexity index is 612. The normalized spacial score (nSPS) is 34.9. The highest BCUT2D eigenvalue weighted by Crippen LogP contribution is 2.47. The minimum absolute atomic E-state index is 0.0125. The first-order valence-electron chi connectivity index (χ1n) is 8.67. The van der Waals surface area contributed by atoms with Gasteiger partial charge in [-0.2, -0.15) is 0 Å². The van der Waals surface area contributed by atoms with Gasteiger partial charge in [-0.05, 0) is 30.9 Å². The average molecular weight is 313 g/mol. The van der Waals surface area contributed by atoms with Crippen molar-refractivity contribution in [2.45, 2.75) is 44.2 Å². The van der Waals surface area contributed by atoms with E-state index in [1.54, 1.807) is 13.2 Å². The molecule has 5 heteroatoms. The lowest BCUT2D eigenvalue weighted by atomic mass is 9.77. The molecule has 122 valence electrons. The van der Waals surface area contributed by atoms with Crippen LogP contribution in [0.2, 0.25) is 0 Å². The number of pyridine rings is 1. The summed E-state index contributed by atoms with van der Waals surface area (Å²) in [6.07, 6.45) is 7.81. The summed E-state index contributed by atoms with van der Waals surface area (Å²) in [4.78, 5) is 31.1. The number of carbonyl (C=O) groups is 2. The molecule has 3 heterocycles. The van der Waals surface area contributed by atoms with Gasteiger partial charge in [0.05, 0.1) is 23.6 Å². The number of likely N-dealkylation sites (tertiary alicyclic amines) is 1. The fourth-order valence-electron chi connectivity index (χ4n) is 4.76. The zero-order valence-electron chi connectivity index (χ0n) is 13.4. The van der Waals surface area contributed by atoms with E-state index >= 15 is 0 Å². The van der Waals surface area contributed by atoms with Crippen LogP contribution in [0.25, 0.3) is 0 Å². The highest BCUT2D eigenvalue weighted by Gasteiger charge is 2.59. The monoisotopic (exact) mass is 313 g/mol. The van der Waals surface area contributed by atoms with Gasteiger partial charge in [0.2, 0.25) is 11.8 Å². The summed E-state index contributed by atoms with van der Waals surface area (Å²) in [5, 5.41) is 3.63. The van der Waals surface area contributed by atoms with Crippen molar-refractivity contribution >= 4 is 11.8 Å². The molecule has 23 heavy (non-hydrogen) atoms. The molecular formula is C18H23N3O2. The van der Waals surface area contributed by atoms with Crippen LogP contribution in [-0.2, 0) is 9.59 Å². The minimum atomic E-state index is -0.297. The van der Waals surface area contributed by atoms with Crippen LogP contribution in [-0.4, -0.2) is 34.8 Å². The van der Waals surface area contributed by atoms with Crippen LogP contribution in [0.5, 0.6) is 0 Å². The Balaban J connectivity index is 1.69. The molecule has 2 amide bonds. The predicted molar refractivity (Wildman–Crippen MR) is 85.2 cm³/mol. The molecule has 4 rings (SSSR count). The van der Waals surface area contributed by atoms with E-state index in [4.69, 9.17) is 0 Å². The quantitative estimate of drug-likeness (QED) is 0.847. The fraction of sp³-hybridized carbons (Fsp3) is 0.611. The molecule has 0 spiro atoms. The fourth-order valence-corrected chi connectivity index (χ4v) is 4.76. The summed E-state index contributed by atoms with van der Waals surface area (Å²) in [6, 6.07) is 5.73. The molecule has 1 aliphatic carbocycles. The van der Waals surface area contributed by atoms with Crippen molar-refractivity contribution in [3.05, 3.63) is 30.1 Å². The van der Waals surface area contributed by atoms with Crippen molar-refractivity contribution in [2.75, 3.05) is 7.05 Å². The molecule has 5 nitrogen and oxygen atoms in total. The molecule has 3 aliphatic rings. The zero-order chi connectivity index (χ0) is 16.0. The van der Waals surface area contributed by atoms with Crippen molar-refractivity contribution < 1.29 is 9.59 Å². The molecule has 0 aromatic carbocycles. The molecule has 3 fully saturated rings. The van der Waals surface area contributed by atoms with Crippen LogP contribution in [0.3, 0.4) is 0 Å². The number of fused-ring (bicyclic) bond motifs is 1. The number of carbonyl (C=O) groups excluding carboxylic acids is 2. The Morgan fingerprint density at radius 3 is 2.52 bits per heavy atom. The van der Waals surface area contributed by atoms with E-state index in [0.717, 1.165) is 18.5 Å². The van der Waals surface area contributed by atoms with Crippen LogP contribution in [0.4, 0.5) is 0 Å². The summed E-state index contributed by atoms with van der Waals surface area (Å²) in [6.45, 7) is 0. The maximum Gasteiger partial charge on any atom is 0.234 e. The standard InChI is InChI=1S/C18H23N3O2/c1-21-17(22)13-14(18(21)23)16(12-9-5-6-10-19-12)20-15(13)11-7-3-2-4-8-11/h5-6,9-11,13-16,20H,2-4,7-8H2,1H3/t13-,14+,15+,16-/m0/s1. The number of hydrogen-bond acceptors (Lipinski definition) is 4. The van der Waals surface area contributed by atoms with Crippen LogP contribution >= 0.6 is 0 Å². The van der Waals surface area contributed by atoms with Gasteiger partial charge in [0.25, 0.3) is 0 Å². The van der Waals surface area contributed by atoms with Gasteiger partial charge >= 0.3 is 0 Å². The van der Waals surface area contributed by atoms with Crippen molar-refractivity contribution in [3.63, 3.8) is 0 Å². The summed E-state index contributed by atoms with van der Waals surface area (Å²) in [7, 11) is 1.62. The van der Waals surface area contributed by atoms with Gasteiger partial charge < -0.3 is 5.32 Å². The van der Waals surface area contributed by atoms with E-state index < -0.39 is 0 Å². The first-order valence-corrected chi connectivity index (χ1v) is 8.67. The van der Waals surface area contributed by atoms with Gasteiger partial charge in [0.15, 0.2) is 0 Å².